The molecule has 0 spiro atoms. The van der Waals surface area contributed by atoms with E-state index < -0.39 is 12.7 Å². The fraction of sp³-hybridized carbons (Fsp3) is 0.588. The summed E-state index contributed by atoms with van der Waals surface area (Å²) in [6.45, 7) is 2.74. The summed E-state index contributed by atoms with van der Waals surface area (Å²) in [4.78, 5) is 5.60. The van der Waals surface area contributed by atoms with Crippen molar-refractivity contribution in [3.05, 3.63) is 35.4 Å². The van der Waals surface area contributed by atoms with E-state index in [0.717, 1.165) is 6.42 Å². The van der Waals surface area contributed by atoms with Gasteiger partial charge in [-0.2, -0.15) is 13.2 Å². The molecule has 4 nitrogen and oxygen atoms in total. The number of guanidine groups is 1. The van der Waals surface area contributed by atoms with Crippen LogP contribution in [-0.2, 0) is 13.0 Å². The van der Waals surface area contributed by atoms with Crippen LogP contribution in [0.2, 0.25) is 0 Å². The van der Waals surface area contributed by atoms with Gasteiger partial charge in [-0.05, 0) is 24.0 Å². The van der Waals surface area contributed by atoms with Crippen LogP contribution in [0.1, 0.15) is 24.5 Å². The molecule has 1 unspecified atom stereocenters. The van der Waals surface area contributed by atoms with Crippen LogP contribution in [0.3, 0.4) is 0 Å². The van der Waals surface area contributed by atoms with Crippen LogP contribution in [0.4, 0.5) is 13.2 Å². The molecular weight excluding hydrogens is 444 g/mol. The summed E-state index contributed by atoms with van der Waals surface area (Å²) in [6, 6.07) is 8.17. The first-order valence-electron chi connectivity index (χ1n) is 8.24. The van der Waals surface area contributed by atoms with Gasteiger partial charge in [-0.3, -0.25) is 9.89 Å². The van der Waals surface area contributed by atoms with Crippen LogP contribution >= 0.6 is 24.0 Å². The van der Waals surface area contributed by atoms with Crippen LogP contribution in [-0.4, -0.2) is 49.8 Å². The number of aliphatic imine (C=N–C) groups is 1. The zero-order chi connectivity index (χ0) is 17.6. The van der Waals surface area contributed by atoms with E-state index in [9.17, 15) is 13.2 Å². The Kier molecular flexibility index (Phi) is 8.98. The third-order valence-corrected chi connectivity index (χ3v) is 4.19. The number of nitrogens with one attached hydrogen (secondary N) is 2. The van der Waals surface area contributed by atoms with E-state index in [4.69, 9.17) is 0 Å². The highest BCUT2D eigenvalue weighted by Gasteiger charge is 2.34. The van der Waals surface area contributed by atoms with Crippen LogP contribution in [0.5, 0.6) is 0 Å². The third-order valence-electron chi connectivity index (χ3n) is 4.19. The second-order valence-corrected chi connectivity index (χ2v) is 6.03. The van der Waals surface area contributed by atoms with Gasteiger partial charge in [-0.15, -0.1) is 24.0 Å². The Morgan fingerprint density at radius 3 is 2.56 bits per heavy atom. The Morgan fingerprint density at radius 1 is 1.28 bits per heavy atom. The van der Waals surface area contributed by atoms with Crippen molar-refractivity contribution in [2.75, 3.05) is 26.7 Å². The fourth-order valence-electron chi connectivity index (χ4n) is 2.99. The Morgan fingerprint density at radius 2 is 1.96 bits per heavy atom. The van der Waals surface area contributed by atoms with E-state index in [0.29, 0.717) is 32.0 Å². The van der Waals surface area contributed by atoms with Crippen molar-refractivity contribution in [1.29, 1.82) is 0 Å². The number of benzene rings is 1. The maximum absolute atomic E-state index is 12.4. The van der Waals surface area contributed by atoms with Gasteiger partial charge in [0, 0.05) is 32.7 Å². The number of rotatable bonds is 5. The zero-order valence-electron chi connectivity index (χ0n) is 14.6. The molecule has 1 aliphatic heterocycles. The summed E-state index contributed by atoms with van der Waals surface area (Å²) >= 11 is 0. The van der Waals surface area contributed by atoms with E-state index in [-0.39, 0.29) is 30.0 Å². The predicted octanol–water partition coefficient (Wildman–Crippen LogP) is 3.17. The summed E-state index contributed by atoms with van der Waals surface area (Å²) in [7, 11) is 1.67. The molecule has 0 aromatic heterocycles. The number of alkyl halides is 3. The molecule has 25 heavy (non-hydrogen) atoms. The lowest BCUT2D eigenvalue weighted by molar-refractivity contribution is -0.143. The molecule has 1 atom stereocenters. The van der Waals surface area contributed by atoms with Crippen LogP contribution < -0.4 is 10.6 Å². The van der Waals surface area contributed by atoms with Crippen molar-refractivity contribution < 1.29 is 13.2 Å². The molecule has 142 valence electrons. The summed E-state index contributed by atoms with van der Waals surface area (Å²) in [5.41, 5.74) is 2.48. The standard InChI is InChI=1S/C17H25F3N4.HI/c1-3-13-6-4-5-7-14(13)10-22-16(21-2)23-15-8-9-24(11-15)12-17(18,19)20;/h4-7,15H,3,8-12H2,1-2H3,(H2,21,22,23);1H. The van der Waals surface area contributed by atoms with Gasteiger partial charge in [-0.25, -0.2) is 0 Å². The van der Waals surface area contributed by atoms with Crippen molar-refractivity contribution in [3.8, 4) is 0 Å². The minimum Gasteiger partial charge on any atom is -0.352 e. The molecule has 0 amide bonds. The first-order chi connectivity index (χ1) is 11.4. The largest absolute Gasteiger partial charge is 0.401 e. The summed E-state index contributed by atoms with van der Waals surface area (Å²) in [5.74, 6) is 0.625. The van der Waals surface area contributed by atoms with E-state index in [1.165, 1.54) is 16.0 Å². The lowest BCUT2D eigenvalue weighted by Gasteiger charge is -2.20. The van der Waals surface area contributed by atoms with Gasteiger partial charge in [0.05, 0.1) is 6.54 Å². The number of halogens is 4. The number of hydrogen-bond donors (Lipinski definition) is 2. The average molecular weight is 470 g/mol. The molecule has 1 saturated heterocycles. The molecule has 2 N–H and O–H groups in total. The first-order valence-corrected chi connectivity index (χ1v) is 8.24. The average Bonchev–Trinajstić information content (AvgIpc) is 2.96. The van der Waals surface area contributed by atoms with Crippen LogP contribution in [0.25, 0.3) is 0 Å². The van der Waals surface area contributed by atoms with Gasteiger partial charge in [-0.1, -0.05) is 31.2 Å². The minimum absolute atomic E-state index is 0. The number of aryl methyl sites for hydroxylation is 1. The molecule has 0 bridgehead atoms. The topological polar surface area (TPSA) is 39.7 Å². The van der Waals surface area contributed by atoms with Crippen molar-refractivity contribution in [1.82, 2.24) is 15.5 Å². The van der Waals surface area contributed by atoms with Crippen molar-refractivity contribution >= 4 is 29.9 Å². The van der Waals surface area contributed by atoms with Crippen LogP contribution in [0, 0.1) is 0 Å². The molecule has 0 saturated carbocycles. The highest BCUT2D eigenvalue weighted by atomic mass is 127. The van der Waals surface area contributed by atoms with Crippen molar-refractivity contribution in [2.24, 2.45) is 4.99 Å². The van der Waals surface area contributed by atoms with Gasteiger partial charge in [0.1, 0.15) is 0 Å². The van der Waals surface area contributed by atoms with Crippen molar-refractivity contribution in [3.63, 3.8) is 0 Å². The highest BCUT2D eigenvalue weighted by molar-refractivity contribution is 14.0. The van der Waals surface area contributed by atoms with E-state index in [1.807, 2.05) is 12.1 Å². The second kappa shape index (κ2) is 10.2. The monoisotopic (exact) mass is 470 g/mol. The maximum Gasteiger partial charge on any atom is 0.401 e. The highest BCUT2D eigenvalue weighted by Crippen LogP contribution is 2.19. The fourth-order valence-corrected chi connectivity index (χ4v) is 2.99. The van der Waals surface area contributed by atoms with Gasteiger partial charge >= 0.3 is 6.18 Å². The molecule has 0 aliphatic carbocycles. The van der Waals surface area contributed by atoms with Crippen LogP contribution in [0.15, 0.2) is 29.3 Å². The SMILES string of the molecule is CCc1ccccc1CNC(=NC)NC1CCN(CC(F)(F)F)C1.I. The molecule has 0 radical (unpaired) electrons. The number of nitrogens with zero attached hydrogens (tertiary/aromatic N) is 2. The quantitative estimate of drug-likeness (QED) is 0.395. The van der Waals surface area contributed by atoms with Gasteiger partial charge in [0.2, 0.25) is 0 Å². The lowest BCUT2D eigenvalue weighted by atomic mass is 10.1. The summed E-state index contributed by atoms with van der Waals surface area (Å²) < 4.78 is 37.3. The summed E-state index contributed by atoms with van der Waals surface area (Å²) in [6.07, 6.45) is -2.50. The van der Waals surface area contributed by atoms with Crippen molar-refractivity contribution in [2.45, 2.75) is 38.5 Å². The Balaban J connectivity index is 0.00000312. The molecule has 1 fully saturated rings. The molecule has 1 aliphatic rings. The smallest absolute Gasteiger partial charge is 0.352 e. The number of hydrogen-bond acceptors (Lipinski definition) is 2. The molecule has 1 heterocycles. The Labute approximate surface area is 164 Å². The molecular formula is C17H26F3IN4. The Bertz CT molecular complexity index is 563. The zero-order valence-corrected chi connectivity index (χ0v) is 16.9. The van der Waals surface area contributed by atoms with E-state index in [1.54, 1.807) is 7.05 Å². The number of likely N-dealkylation sites (tertiary alicyclic amines) is 1. The normalized spacial score (nSPS) is 18.8. The third kappa shape index (κ3) is 7.39. The lowest BCUT2D eigenvalue weighted by Crippen LogP contribution is -2.45. The van der Waals surface area contributed by atoms with E-state index >= 15 is 0 Å². The van der Waals surface area contributed by atoms with Gasteiger partial charge < -0.3 is 10.6 Å². The Hall–Kier alpha value is -1.03. The summed E-state index contributed by atoms with van der Waals surface area (Å²) in [5, 5.41) is 6.47. The molecule has 8 heteroatoms. The predicted molar refractivity (Wildman–Crippen MR) is 105 cm³/mol. The molecule has 2 rings (SSSR count). The van der Waals surface area contributed by atoms with Gasteiger partial charge in [0.25, 0.3) is 0 Å². The molecule has 1 aromatic rings. The molecule has 1 aromatic carbocycles. The van der Waals surface area contributed by atoms with Gasteiger partial charge in [0.15, 0.2) is 5.96 Å². The second-order valence-electron chi connectivity index (χ2n) is 6.03. The maximum atomic E-state index is 12.4. The first kappa shape index (κ1) is 22.0. The minimum atomic E-state index is -4.14. The van der Waals surface area contributed by atoms with E-state index in [2.05, 4.69) is 34.7 Å².